The lowest BCUT2D eigenvalue weighted by Crippen LogP contribution is -2.36. The van der Waals surface area contributed by atoms with Crippen molar-refractivity contribution in [1.29, 1.82) is 0 Å². The van der Waals surface area contributed by atoms with Gasteiger partial charge in [0, 0.05) is 25.3 Å². The summed E-state index contributed by atoms with van der Waals surface area (Å²) in [6, 6.07) is 5.46. The Hall–Kier alpha value is -1.07. The van der Waals surface area contributed by atoms with Gasteiger partial charge in [0.15, 0.2) is 0 Å². The molecule has 0 saturated carbocycles. The lowest BCUT2D eigenvalue weighted by Gasteiger charge is -2.25. The van der Waals surface area contributed by atoms with Crippen LogP contribution in [0.4, 0.5) is 5.69 Å². The molecule has 0 aliphatic carbocycles. The van der Waals surface area contributed by atoms with Crippen molar-refractivity contribution < 1.29 is 8.42 Å². The van der Waals surface area contributed by atoms with Crippen LogP contribution in [0.2, 0.25) is 0 Å². The first-order valence-electron chi connectivity index (χ1n) is 6.85. The zero-order chi connectivity index (χ0) is 14.0. The fourth-order valence-electron chi connectivity index (χ4n) is 2.60. The van der Waals surface area contributed by atoms with E-state index in [1.165, 1.54) is 9.87 Å². The summed E-state index contributed by atoms with van der Waals surface area (Å²) in [5, 5.41) is 3.23. The molecular weight excluding hydrogens is 260 g/mol. The summed E-state index contributed by atoms with van der Waals surface area (Å²) >= 11 is 0. The number of fused-ring (bicyclic) bond motifs is 1. The van der Waals surface area contributed by atoms with Crippen molar-refractivity contribution in [2.24, 2.45) is 0 Å². The molecule has 0 unspecified atom stereocenters. The highest BCUT2D eigenvalue weighted by Crippen LogP contribution is 2.27. The molecule has 106 valence electrons. The summed E-state index contributed by atoms with van der Waals surface area (Å²) in [5.41, 5.74) is 2.16. The summed E-state index contributed by atoms with van der Waals surface area (Å²) in [4.78, 5) is 0.384. The molecule has 0 atom stereocenters. The van der Waals surface area contributed by atoms with E-state index in [1.807, 2.05) is 19.9 Å². The third-order valence-corrected chi connectivity index (χ3v) is 5.83. The third-order valence-electron chi connectivity index (χ3n) is 3.92. The quantitative estimate of drug-likeness (QED) is 0.902. The fraction of sp³-hybridized carbons (Fsp3) is 0.571. The second-order valence-electron chi connectivity index (χ2n) is 4.99. The highest BCUT2D eigenvalue weighted by atomic mass is 32.2. The fourth-order valence-corrected chi connectivity index (χ4v) is 4.13. The zero-order valence-electron chi connectivity index (χ0n) is 11.8. The van der Waals surface area contributed by atoms with Crippen LogP contribution in [0.15, 0.2) is 23.1 Å². The van der Waals surface area contributed by atoms with Crippen molar-refractivity contribution in [3.05, 3.63) is 23.8 Å². The van der Waals surface area contributed by atoms with E-state index in [1.54, 1.807) is 19.2 Å². The number of hydrogen-bond donors (Lipinski definition) is 1. The molecule has 1 aromatic carbocycles. The molecule has 1 aromatic rings. The Morgan fingerprint density at radius 2 is 2.00 bits per heavy atom. The number of benzene rings is 1. The van der Waals surface area contributed by atoms with E-state index >= 15 is 0 Å². The van der Waals surface area contributed by atoms with Gasteiger partial charge in [0.05, 0.1) is 4.90 Å². The van der Waals surface area contributed by atoms with Crippen LogP contribution in [0.3, 0.4) is 0 Å². The average Bonchev–Trinajstić information content (AvgIpc) is 2.87. The van der Waals surface area contributed by atoms with Crippen LogP contribution < -0.4 is 5.32 Å². The number of hydrogen-bond acceptors (Lipinski definition) is 3. The van der Waals surface area contributed by atoms with Gasteiger partial charge in [-0.15, -0.1) is 0 Å². The zero-order valence-corrected chi connectivity index (χ0v) is 12.6. The summed E-state index contributed by atoms with van der Waals surface area (Å²) in [6.45, 7) is 4.93. The van der Waals surface area contributed by atoms with Crippen molar-refractivity contribution in [1.82, 2.24) is 4.31 Å². The number of anilines is 1. The topological polar surface area (TPSA) is 49.4 Å². The lowest BCUT2D eigenvalue weighted by molar-refractivity contribution is 0.349. The van der Waals surface area contributed by atoms with Gasteiger partial charge in [0.2, 0.25) is 10.0 Å². The van der Waals surface area contributed by atoms with Crippen LogP contribution in [-0.4, -0.2) is 32.4 Å². The lowest BCUT2D eigenvalue weighted by atomic mass is 10.2. The van der Waals surface area contributed by atoms with Gasteiger partial charge in [0.1, 0.15) is 0 Å². The minimum atomic E-state index is -3.39. The molecule has 2 rings (SSSR count). The maximum atomic E-state index is 12.6. The SMILES string of the molecule is CCC(CC)N(C)S(=O)(=O)c1ccc2c(c1)NCC2. The largest absolute Gasteiger partial charge is 0.384 e. The smallest absolute Gasteiger partial charge is 0.243 e. The van der Waals surface area contributed by atoms with Crippen LogP contribution in [0, 0.1) is 0 Å². The minimum absolute atomic E-state index is 0.0613. The normalized spacial score (nSPS) is 14.8. The Bertz CT molecular complexity index is 551. The van der Waals surface area contributed by atoms with Crippen LogP contribution in [0.1, 0.15) is 32.3 Å². The van der Waals surface area contributed by atoms with Gasteiger partial charge in [-0.25, -0.2) is 8.42 Å². The predicted molar refractivity (Wildman–Crippen MR) is 78.0 cm³/mol. The van der Waals surface area contributed by atoms with E-state index in [0.717, 1.165) is 31.5 Å². The Balaban J connectivity index is 2.34. The standard InChI is InChI=1S/C14H22N2O2S/c1-4-12(5-2)16(3)19(17,18)13-7-6-11-8-9-15-14(11)10-13/h6-7,10,12,15H,4-5,8-9H2,1-3H3. The molecule has 1 N–H and O–H groups in total. The highest BCUT2D eigenvalue weighted by Gasteiger charge is 2.27. The van der Waals surface area contributed by atoms with Crippen LogP contribution in [0.25, 0.3) is 0 Å². The third kappa shape index (κ3) is 2.62. The minimum Gasteiger partial charge on any atom is -0.384 e. The number of sulfonamides is 1. The molecule has 0 fully saturated rings. The highest BCUT2D eigenvalue weighted by molar-refractivity contribution is 7.89. The number of rotatable bonds is 5. The molecule has 0 saturated heterocycles. The monoisotopic (exact) mass is 282 g/mol. The second-order valence-corrected chi connectivity index (χ2v) is 6.98. The first kappa shape index (κ1) is 14.3. The van der Waals surface area contributed by atoms with E-state index in [2.05, 4.69) is 5.32 Å². The van der Waals surface area contributed by atoms with Gasteiger partial charge in [0.25, 0.3) is 0 Å². The Morgan fingerprint density at radius 1 is 1.32 bits per heavy atom. The van der Waals surface area contributed by atoms with Crippen molar-refractivity contribution >= 4 is 15.7 Å². The Morgan fingerprint density at radius 3 is 2.63 bits per heavy atom. The molecule has 0 aromatic heterocycles. The van der Waals surface area contributed by atoms with Crippen LogP contribution in [-0.2, 0) is 16.4 Å². The molecular formula is C14H22N2O2S. The Labute approximate surface area is 115 Å². The molecule has 19 heavy (non-hydrogen) atoms. The van der Waals surface area contributed by atoms with Crippen LogP contribution in [0.5, 0.6) is 0 Å². The average molecular weight is 282 g/mol. The Kier molecular flexibility index (Phi) is 4.16. The first-order chi connectivity index (χ1) is 9.00. The van der Waals surface area contributed by atoms with Gasteiger partial charge in [-0.3, -0.25) is 0 Å². The second kappa shape index (κ2) is 5.51. The van der Waals surface area contributed by atoms with E-state index < -0.39 is 10.0 Å². The van der Waals surface area contributed by atoms with Gasteiger partial charge >= 0.3 is 0 Å². The van der Waals surface area contributed by atoms with E-state index in [4.69, 9.17) is 0 Å². The van der Waals surface area contributed by atoms with Gasteiger partial charge in [-0.05, 0) is 37.0 Å². The summed E-state index contributed by atoms with van der Waals surface area (Å²) in [6.07, 6.45) is 2.63. The van der Waals surface area contributed by atoms with E-state index in [0.29, 0.717) is 4.90 Å². The van der Waals surface area contributed by atoms with Crippen LogP contribution >= 0.6 is 0 Å². The molecule has 1 aliphatic rings. The van der Waals surface area contributed by atoms with Crippen molar-refractivity contribution in [2.75, 3.05) is 18.9 Å². The predicted octanol–water partition coefficient (Wildman–Crippen LogP) is 2.46. The maximum absolute atomic E-state index is 12.6. The van der Waals surface area contributed by atoms with Crippen molar-refractivity contribution in [3.63, 3.8) is 0 Å². The molecule has 0 amide bonds. The number of nitrogens with zero attached hydrogens (tertiary/aromatic N) is 1. The molecule has 5 heteroatoms. The summed E-state index contributed by atoms with van der Waals surface area (Å²) in [5.74, 6) is 0. The number of nitrogens with one attached hydrogen (secondary N) is 1. The van der Waals surface area contributed by atoms with Crippen molar-refractivity contribution in [3.8, 4) is 0 Å². The van der Waals surface area contributed by atoms with Gasteiger partial charge in [-0.1, -0.05) is 19.9 Å². The molecule has 4 nitrogen and oxygen atoms in total. The molecule has 1 aliphatic heterocycles. The maximum Gasteiger partial charge on any atom is 0.243 e. The molecule has 0 spiro atoms. The van der Waals surface area contributed by atoms with E-state index in [-0.39, 0.29) is 6.04 Å². The van der Waals surface area contributed by atoms with Gasteiger partial charge < -0.3 is 5.32 Å². The summed E-state index contributed by atoms with van der Waals surface area (Å²) < 4.78 is 26.7. The summed E-state index contributed by atoms with van der Waals surface area (Å²) in [7, 11) is -1.72. The van der Waals surface area contributed by atoms with E-state index in [9.17, 15) is 8.42 Å². The molecule has 1 heterocycles. The molecule has 0 radical (unpaired) electrons. The molecule has 0 bridgehead atoms. The first-order valence-corrected chi connectivity index (χ1v) is 8.29. The van der Waals surface area contributed by atoms with Crippen molar-refractivity contribution in [2.45, 2.75) is 44.0 Å². The van der Waals surface area contributed by atoms with Gasteiger partial charge in [-0.2, -0.15) is 4.31 Å².